The minimum absolute atomic E-state index is 0.115. The van der Waals surface area contributed by atoms with Crippen LogP contribution in [0.1, 0.15) is 39.9 Å². The first kappa shape index (κ1) is 22.9. The summed E-state index contributed by atoms with van der Waals surface area (Å²) in [4.78, 5) is 15.5. The van der Waals surface area contributed by atoms with Crippen LogP contribution in [-0.4, -0.2) is 50.2 Å². The summed E-state index contributed by atoms with van der Waals surface area (Å²) < 4.78 is 45.7. The molecule has 1 saturated heterocycles. The first-order valence-corrected chi connectivity index (χ1v) is 11.4. The first-order chi connectivity index (χ1) is 15.3. The van der Waals surface area contributed by atoms with Crippen molar-refractivity contribution >= 4 is 23.4 Å². The van der Waals surface area contributed by atoms with Crippen molar-refractivity contribution in [2.45, 2.75) is 41.3 Å². The molecule has 0 aliphatic carbocycles. The molecule has 2 aliphatic heterocycles. The van der Waals surface area contributed by atoms with Gasteiger partial charge in [-0.25, -0.2) is 4.79 Å². The van der Waals surface area contributed by atoms with Crippen molar-refractivity contribution in [3.63, 3.8) is 0 Å². The van der Waals surface area contributed by atoms with Crippen LogP contribution < -0.4 is 11.1 Å². The number of halogens is 3. The van der Waals surface area contributed by atoms with Crippen molar-refractivity contribution in [1.29, 1.82) is 0 Å². The number of fused-ring (bicyclic) bond motifs is 2. The van der Waals surface area contributed by atoms with Crippen LogP contribution in [0.2, 0.25) is 0 Å². The van der Waals surface area contributed by atoms with E-state index in [1.54, 1.807) is 12.1 Å². The number of hydrogen-bond acceptors (Lipinski definition) is 6. The molecule has 2 heterocycles. The van der Waals surface area contributed by atoms with Crippen LogP contribution in [0, 0.1) is 0 Å². The Labute approximate surface area is 189 Å². The van der Waals surface area contributed by atoms with E-state index in [0.717, 1.165) is 48.5 Å². The van der Waals surface area contributed by atoms with Crippen molar-refractivity contribution in [1.82, 2.24) is 4.90 Å². The lowest BCUT2D eigenvalue weighted by atomic mass is 9.97. The molecule has 0 spiro atoms. The van der Waals surface area contributed by atoms with Gasteiger partial charge in [-0.05, 0) is 48.2 Å². The quantitative estimate of drug-likeness (QED) is 0.545. The zero-order valence-corrected chi connectivity index (χ0v) is 18.6. The van der Waals surface area contributed by atoms with Crippen LogP contribution >= 0.6 is 11.8 Å². The van der Waals surface area contributed by atoms with Crippen molar-refractivity contribution in [3.8, 4) is 0 Å². The Kier molecular flexibility index (Phi) is 6.69. The smallest absolute Gasteiger partial charge is 0.416 e. The minimum atomic E-state index is -4.44. The van der Waals surface area contributed by atoms with Gasteiger partial charge in [-0.1, -0.05) is 17.8 Å². The van der Waals surface area contributed by atoms with Gasteiger partial charge in [0.05, 0.1) is 18.2 Å². The van der Waals surface area contributed by atoms with Gasteiger partial charge in [-0.3, -0.25) is 0 Å². The average Bonchev–Trinajstić information content (AvgIpc) is 2.77. The maximum absolute atomic E-state index is 13.6. The average molecular weight is 466 g/mol. The van der Waals surface area contributed by atoms with Gasteiger partial charge in [0, 0.05) is 54.1 Å². The number of hydrogen-bond donors (Lipinski definition) is 2. The zero-order chi connectivity index (χ0) is 22.9. The summed E-state index contributed by atoms with van der Waals surface area (Å²) >= 11 is 1.27. The predicted molar refractivity (Wildman–Crippen MR) is 118 cm³/mol. The minimum Gasteiger partial charge on any atom is -0.465 e. The summed E-state index contributed by atoms with van der Waals surface area (Å²) in [6.45, 7) is 3.20. The highest BCUT2D eigenvalue weighted by molar-refractivity contribution is 7.99. The largest absolute Gasteiger partial charge is 0.465 e. The highest BCUT2D eigenvalue weighted by Gasteiger charge is 2.34. The predicted octanol–water partition coefficient (Wildman–Crippen LogP) is 4.38. The van der Waals surface area contributed by atoms with Gasteiger partial charge in [0.2, 0.25) is 0 Å². The van der Waals surface area contributed by atoms with Crippen molar-refractivity contribution < 1.29 is 22.7 Å². The highest BCUT2D eigenvalue weighted by Crippen LogP contribution is 2.46. The Hall–Kier alpha value is -2.23. The molecule has 2 aliphatic rings. The molecule has 0 amide bonds. The lowest BCUT2D eigenvalue weighted by Crippen LogP contribution is -2.41. The molecule has 5 nitrogen and oxygen atoms in total. The van der Waals surface area contributed by atoms with E-state index < -0.39 is 17.7 Å². The van der Waals surface area contributed by atoms with Crippen LogP contribution in [0.15, 0.2) is 40.1 Å². The second kappa shape index (κ2) is 9.33. The summed E-state index contributed by atoms with van der Waals surface area (Å²) in [5.74, 6) is -0.466. The third-order valence-electron chi connectivity index (χ3n) is 6.00. The monoisotopic (exact) mass is 465 g/mol. The molecule has 2 aromatic carbocycles. The number of nitrogens with one attached hydrogen (secondary N) is 1. The van der Waals surface area contributed by atoms with E-state index >= 15 is 0 Å². The van der Waals surface area contributed by atoms with Gasteiger partial charge in [0.1, 0.15) is 0 Å². The van der Waals surface area contributed by atoms with Crippen molar-refractivity contribution in [2.75, 3.05) is 38.6 Å². The molecule has 1 fully saturated rings. The lowest BCUT2D eigenvalue weighted by molar-refractivity contribution is -0.137. The van der Waals surface area contributed by atoms with Crippen molar-refractivity contribution in [3.05, 3.63) is 52.6 Å². The Morgan fingerprint density at radius 1 is 1.22 bits per heavy atom. The van der Waals surface area contributed by atoms with Gasteiger partial charge >= 0.3 is 12.1 Å². The standard InChI is InChI=1S/C23H26F3N3O2S/c1-31-22(30)15-3-2-14-10-18-19(28-17-4-7-29(8-5-17)9-6-27)12-16(23(24,25)26)13-21(18)32-20(14)11-15/h2-3,11-13,17,28H,4-10,27H2,1H3. The number of esters is 1. The summed E-state index contributed by atoms with van der Waals surface area (Å²) in [7, 11) is 1.30. The van der Waals surface area contributed by atoms with Crippen LogP contribution in [0.25, 0.3) is 0 Å². The number of anilines is 1. The molecule has 0 bridgehead atoms. The number of carbonyl (C=O) groups is 1. The molecular formula is C23H26F3N3O2S. The van der Waals surface area contributed by atoms with Crippen LogP contribution in [0.3, 0.4) is 0 Å². The van der Waals surface area contributed by atoms with E-state index in [9.17, 15) is 18.0 Å². The number of carbonyl (C=O) groups excluding carboxylic acids is 1. The molecule has 2 aromatic rings. The van der Waals surface area contributed by atoms with Crippen molar-refractivity contribution in [2.24, 2.45) is 5.73 Å². The van der Waals surface area contributed by atoms with Crippen LogP contribution in [-0.2, 0) is 17.3 Å². The zero-order valence-electron chi connectivity index (χ0n) is 17.8. The third-order valence-corrected chi connectivity index (χ3v) is 7.19. The van der Waals surface area contributed by atoms with E-state index in [1.807, 2.05) is 6.07 Å². The van der Waals surface area contributed by atoms with Gasteiger partial charge in [-0.2, -0.15) is 13.2 Å². The number of piperidine rings is 1. The van der Waals surface area contributed by atoms with E-state index in [-0.39, 0.29) is 6.04 Å². The number of nitrogens with zero attached hydrogens (tertiary/aromatic N) is 1. The summed E-state index contributed by atoms with van der Waals surface area (Å²) in [6.07, 6.45) is -2.22. The third kappa shape index (κ3) is 4.89. The number of ether oxygens (including phenoxy) is 1. The maximum atomic E-state index is 13.6. The molecule has 0 radical (unpaired) electrons. The molecule has 0 atom stereocenters. The summed E-state index contributed by atoms with van der Waals surface area (Å²) in [5.41, 5.74) is 7.74. The van der Waals surface area contributed by atoms with Gasteiger partial charge in [0.25, 0.3) is 0 Å². The number of nitrogens with two attached hydrogens (primary N) is 1. The lowest BCUT2D eigenvalue weighted by Gasteiger charge is -2.34. The maximum Gasteiger partial charge on any atom is 0.416 e. The normalized spacial score (nSPS) is 16.9. The van der Waals surface area contributed by atoms with E-state index in [4.69, 9.17) is 10.5 Å². The second-order valence-corrected chi connectivity index (χ2v) is 9.22. The molecule has 0 aromatic heterocycles. The Morgan fingerprint density at radius 3 is 2.62 bits per heavy atom. The fourth-order valence-electron chi connectivity index (χ4n) is 4.26. The Morgan fingerprint density at radius 2 is 1.97 bits per heavy atom. The fourth-order valence-corrected chi connectivity index (χ4v) is 5.45. The van der Waals surface area contributed by atoms with E-state index in [1.165, 1.54) is 31.0 Å². The number of alkyl halides is 3. The second-order valence-electron chi connectivity index (χ2n) is 8.14. The Balaban J connectivity index is 1.63. The fraction of sp³-hybridized carbons (Fsp3) is 0.435. The van der Waals surface area contributed by atoms with E-state index in [0.29, 0.717) is 29.1 Å². The molecule has 3 N–H and O–H groups in total. The molecule has 32 heavy (non-hydrogen) atoms. The number of methoxy groups -OCH3 is 1. The number of rotatable bonds is 5. The molecule has 172 valence electrons. The molecular weight excluding hydrogens is 439 g/mol. The number of likely N-dealkylation sites (tertiary alicyclic amines) is 1. The van der Waals surface area contributed by atoms with Gasteiger partial charge < -0.3 is 20.7 Å². The summed E-state index contributed by atoms with van der Waals surface area (Å²) in [6, 6.07) is 7.80. The summed E-state index contributed by atoms with van der Waals surface area (Å²) in [5, 5.41) is 3.41. The highest BCUT2D eigenvalue weighted by atomic mass is 32.2. The topological polar surface area (TPSA) is 67.6 Å². The molecule has 4 rings (SSSR count). The van der Waals surface area contributed by atoms with Gasteiger partial charge in [-0.15, -0.1) is 0 Å². The van der Waals surface area contributed by atoms with Crippen LogP contribution in [0.4, 0.5) is 18.9 Å². The SMILES string of the molecule is COC(=O)c1ccc2c(c1)Sc1cc(C(F)(F)F)cc(NC3CCN(CCN)CC3)c1C2. The molecule has 0 saturated carbocycles. The molecule has 0 unspecified atom stereocenters. The van der Waals surface area contributed by atoms with Crippen LogP contribution in [0.5, 0.6) is 0 Å². The van der Waals surface area contributed by atoms with Gasteiger partial charge in [0.15, 0.2) is 0 Å². The Bertz CT molecular complexity index is 1000. The number of benzene rings is 2. The molecule has 9 heteroatoms. The first-order valence-electron chi connectivity index (χ1n) is 10.6. The van der Waals surface area contributed by atoms with E-state index in [2.05, 4.69) is 10.2 Å².